The lowest BCUT2D eigenvalue weighted by Crippen LogP contribution is -2.38. The van der Waals surface area contributed by atoms with Crippen LogP contribution in [0, 0.1) is 5.92 Å². The lowest BCUT2D eigenvalue weighted by atomic mass is 9.84. The maximum Gasteiger partial charge on any atom is 0.312 e. The molecule has 2 aliphatic rings. The third-order valence-electron chi connectivity index (χ3n) is 5.13. The van der Waals surface area contributed by atoms with Gasteiger partial charge < -0.3 is 10.0 Å². The minimum Gasteiger partial charge on any atom is -0.481 e. The molecule has 3 nitrogen and oxygen atoms in total. The lowest BCUT2D eigenvalue weighted by molar-refractivity contribution is -0.138. The van der Waals surface area contributed by atoms with Crippen molar-refractivity contribution in [1.82, 2.24) is 0 Å². The van der Waals surface area contributed by atoms with Crippen LogP contribution in [0.3, 0.4) is 0 Å². The van der Waals surface area contributed by atoms with Crippen LogP contribution in [0.1, 0.15) is 50.5 Å². The normalized spacial score (nSPS) is 29.2. The standard InChI is InChI=1S/C17H23NO2/c1-2-12-7-9-13(10-8-12)18-11-15(17(19)20)14-5-3-4-6-16(14)18/h3-6,12-13,15H,2,7-11H2,1H3,(H,19,20). The van der Waals surface area contributed by atoms with E-state index in [1.807, 2.05) is 18.2 Å². The van der Waals surface area contributed by atoms with Crippen molar-refractivity contribution in [1.29, 1.82) is 0 Å². The van der Waals surface area contributed by atoms with Crippen molar-refractivity contribution >= 4 is 11.7 Å². The van der Waals surface area contributed by atoms with E-state index >= 15 is 0 Å². The van der Waals surface area contributed by atoms with Gasteiger partial charge in [-0.25, -0.2) is 0 Å². The molecular formula is C17H23NO2. The Labute approximate surface area is 120 Å². The number of para-hydroxylation sites is 1. The maximum atomic E-state index is 11.5. The summed E-state index contributed by atoms with van der Waals surface area (Å²) in [6.07, 6.45) is 6.27. The second kappa shape index (κ2) is 5.47. The Balaban J connectivity index is 1.80. The Kier molecular flexibility index (Phi) is 3.68. The zero-order valence-corrected chi connectivity index (χ0v) is 12.1. The lowest BCUT2D eigenvalue weighted by Gasteiger charge is -2.36. The molecule has 1 aliphatic carbocycles. The number of carbonyl (C=O) groups is 1. The van der Waals surface area contributed by atoms with Crippen molar-refractivity contribution < 1.29 is 9.90 Å². The molecule has 20 heavy (non-hydrogen) atoms. The van der Waals surface area contributed by atoms with E-state index in [4.69, 9.17) is 0 Å². The van der Waals surface area contributed by atoms with Gasteiger partial charge in [-0.15, -0.1) is 0 Å². The van der Waals surface area contributed by atoms with Gasteiger partial charge in [0.05, 0.1) is 0 Å². The van der Waals surface area contributed by atoms with Crippen LogP contribution in [0.25, 0.3) is 0 Å². The van der Waals surface area contributed by atoms with Crippen molar-refractivity contribution in [3.63, 3.8) is 0 Å². The smallest absolute Gasteiger partial charge is 0.312 e. The van der Waals surface area contributed by atoms with Crippen molar-refractivity contribution in [2.45, 2.75) is 51.0 Å². The largest absolute Gasteiger partial charge is 0.481 e. The highest BCUT2D eigenvalue weighted by Gasteiger charge is 2.37. The van der Waals surface area contributed by atoms with E-state index in [0.29, 0.717) is 12.6 Å². The van der Waals surface area contributed by atoms with Gasteiger partial charge in [-0.2, -0.15) is 0 Å². The van der Waals surface area contributed by atoms with Gasteiger partial charge in [0.15, 0.2) is 0 Å². The van der Waals surface area contributed by atoms with Crippen molar-refractivity contribution in [2.24, 2.45) is 5.92 Å². The Morgan fingerprint density at radius 1 is 1.25 bits per heavy atom. The number of carboxylic acids is 1. The predicted molar refractivity (Wildman–Crippen MR) is 80.2 cm³/mol. The number of rotatable bonds is 3. The topological polar surface area (TPSA) is 40.5 Å². The van der Waals surface area contributed by atoms with Crippen LogP contribution in [0.4, 0.5) is 5.69 Å². The molecule has 1 aliphatic heterocycles. The molecule has 1 saturated carbocycles. The SMILES string of the molecule is CCC1CCC(N2CC(C(=O)O)c3ccccc32)CC1. The Morgan fingerprint density at radius 2 is 1.95 bits per heavy atom. The molecule has 0 spiro atoms. The molecule has 1 aromatic carbocycles. The summed E-state index contributed by atoms with van der Waals surface area (Å²) in [6, 6.07) is 8.57. The summed E-state index contributed by atoms with van der Waals surface area (Å²) < 4.78 is 0. The number of hydrogen-bond donors (Lipinski definition) is 1. The highest BCUT2D eigenvalue weighted by atomic mass is 16.4. The first-order valence-corrected chi connectivity index (χ1v) is 7.79. The molecule has 108 valence electrons. The monoisotopic (exact) mass is 273 g/mol. The summed E-state index contributed by atoms with van der Waals surface area (Å²) in [5.41, 5.74) is 2.15. The van der Waals surface area contributed by atoms with Gasteiger partial charge in [-0.1, -0.05) is 31.5 Å². The van der Waals surface area contributed by atoms with Crippen LogP contribution >= 0.6 is 0 Å². The van der Waals surface area contributed by atoms with E-state index in [2.05, 4.69) is 17.9 Å². The Morgan fingerprint density at radius 3 is 2.60 bits per heavy atom. The van der Waals surface area contributed by atoms with Gasteiger partial charge >= 0.3 is 5.97 Å². The first-order valence-electron chi connectivity index (χ1n) is 7.79. The molecular weight excluding hydrogens is 250 g/mol. The summed E-state index contributed by atoms with van der Waals surface area (Å²) in [5.74, 6) is -0.170. The summed E-state index contributed by atoms with van der Waals surface area (Å²) in [5, 5.41) is 9.43. The van der Waals surface area contributed by atoms with E-state index in [9.17, 15) is 9.90 Å². The highest BCUT2D eigenvalue weighted by molar-refractivity contribution is 5.83. The molecule has 0 aromatic heterocycles. The first kappa shape index (κ1) is 13.5. The van der Waals surface area contributed by atoms with E-state index < -0.39 is 5.97 Å². The first-order chi connectivity index (χ1) is 9.70. The zero-order valence-electron chi connectivity index (χ0n) is 12.1. The number of nitrogens with zero attached hydrogens (tertiary/aromatic N) is 1. The van der Waals surface area contributed by atoms with E-state index in [1.165, 1.54) is 32.1 Å². The summed E-state index contributed by atoms with van der Waals surface area (Å²) in [7, 11) is 0. The van der Waals surface area contributed by atoms with Crippen LogP contribution in [0.5, 0.6) is 0 Å². The van der Waals surface area contributed by atoms with Gasteiger partial charge in [0.1, 0.15) is 5.92 Å². The summed E-state index contributed by atoms with van der Waals surface area (Å²) in [4.78, 5) is 13.8. The molecule has 1 atom stereocenters. The Hall–Kier alpha value is -1.51. The minimum atomic E-state index is -0.692. The number of benzene rings is 1. The summed E-state index contributed by atoms with van der Waals surface area (Å²) in [6.45, 7) is 2.92. The van der Waals surface area contributed by atoms with Gasteiger partial charge in [0, 0.05) is 18.3 Å². The van der Waals surface area contributed by atoms with E-state index in [0.717, 1.165) is 17.2 Å². The fraction of sp³-hybridized carbons (Fsp3) is 0.588. The van der Waals surface area contributed by atoms with Gasteiger partial charge in [-0.3, -0.25) is 4.79 Å². The molecule has 1 N–H and O–H groups in total. The van der Waals surface area contributed by atoms with Gasteiger partial charge in [-0.05, 0) is 43.2 Å². The third kappa shape index (κ3) is 2.30. The van der Waals surface area contributed by atoms with E-state index in [1.54, 1.807) is 0 Å². The van der Waals surface area contributed by atoms with Crippen LogP contribution in [0.2, 0.25) is 0 Å². The quantitative estimate of drug-likeness (QED) is 0.914. The molecule has 0 radical (unpaired) electrons. The highest BCUT2D eigenvalue weighted by Crippen LogP contribution is 2.41. The molecule has 0 saturated heterocycles. The predicted octanol–water partition coefficient (Wildman–Crippen LogP) is 3.64. The fourth-order valence-corrected chi connectivity index (χ4v) is 3.86. The molecule has 0 amide bonds. The van der Waals surface area contributed by atoms with Gasteiger partial charge in [0.2, 0.25) is 0 Å². The molecule has 1 unspecified atom stereocenters. The average Bonchev–Trinajstić information content (AvgIpc) is 2.87. The number of carboxylic acid groups (broad SMARTS) is 1. The van der Waals surface area contributed by atoms with E-state index in [-0.39, 0.29) is 5.92 Å². The molecule has 3 rings (SSSR count). The van der Waals surface area contributed by atoms with Crippen molar-refractivity contribution in [3.05, 3.63) is 29.8 Å². The van der Waals surface area contributed by atoms with Crippen molar-refractivity contribution in [2.75, 3.05) is 11.4 Å². The van der Waals surface area contributed by atoms with Crippen LogP contribution in [0.15, 0.2) is 24.3 Å². The second-order valence-corrected chi connectivity index (χ2v) is 6.18. The average molecular weight is 273 g/mol. The second-order valence-electron chi connectivity index (χ2n) is 6.18. The number of fused-ring (bicyclic) bond motifs is 1. The number of aliphatic carboxylic acids is 1. The molecule has 0 bridgehead atoms. The summed E-state index contributed by atoms with van der Waals surface area (Å²) >= 11 is 0. The van der Waals surface area contributed by atoms with Crippen LogP contribution in [-0.4, -0.2) is 23.7 Å². The molecule has 1 aromatic rings. The van der Waals surface area contributed by atoms with Crippen LogP contribution in [-0.2, 0) is 4.79 Å². The molecule has 3 heteroatoms. The number of hydrogen-bond acceptors (Lipinski definition) is 2. The Bertz CT molecular complexity index is 492. The minimum absolute atomic E-state index is 0.352. The molecule has 1 heterocycles. The third-order valence-corrected chi connectivity index (χ3v) is 5.13. The number of anilines is 1. The van der Waals surface area contributed by atoms with Gasteiger partial charge in [0.25, 0.3) is 0 Å². The van der Waals surface area contributed by atoms with Crippen LogP contribution < -0.4 is 4.90 Å². The zero-order chi connectivity index (χ0) is 14.1. The fourth-order valence-electron chi connectivity index (χ4n) is 3.86. The maximum absolute atomic E-state index is 11.5. The molecule has 1 fully saturated rings. The van der Waals surface area contributed by atoms with Crippen molar-refractivity contribution in [3.8, 4) is 0 Å².